The van der Waals surface area contributed by atoms with Crippen LogP contribution >= 0.6 is 0 Å². The maximum absolute atomic E-state index is 12.8. The Kier molecular flexibility index (Phi) is 5.11. The van der Waals surface area contributed by atoms with Gasteiger partial charge in [0.1, 0.15) is 0 Å². The van der Waals surface area contributed by atoms with Gasteiger partial charge in [0.2, 0.25) is 0 Å². The second-order valence-electron chi connectivity index (χ2n) is 5.17. The summed E-state index contributed by atoms with van der Waals surface area (Å²) < 4.78 is 55.9. The summed E-state index contributed by atoms with van der Waals surface area (Å²) in [5, 5.41) is 0. The van der Waals surface area contributed by atoms with Crippen molar-refractivity contribution in [3.63, 3.8) is 0 Å². The van der Waals surface area contributed by atoms with Crippen LogP contribution in [0, 0.1) is 6.92 Å². The third kappa shape index (κ3) is 4.56. The highest BCUT2D eigenvalue weighted by molar-refractivity contribution is 7.80. The summed E-state index contributed by atoms with van der Waals surface area (Å²) in [7, 11) is 0. The monoisotopic (exact) mass is 343 g/mol. The summed E-state index contributed by atoms with van der Waals surface area (Å²) in [6.45, 7) is 3.42. The average Bonchev–Trinajstić information content (AvgIpc) is 2.46. The molecule has 0 aliphatic carbocycles. The standard InChI is InChI=1S/C16H16F3NO2S/c1-10-3-5-15(6-4-10)23(21)22-11(2)12-7-13(16(17,18)19)9-14(20)8-12/h3-9,11H,20H2,1-2H3. The highest BCUT2D eigenvalue weighted by atomic mass is 32.2. The quantitative estimate of drug-likeness (QED) is 0.837. The number of nitrogens with two attached hydrogens (primary N) is 1. The van der Waals surface area contributed by atoms with Gasteiger partial charge in [-0.2, -0.15) is 13.2 Å². The number of nitrogen functional groups attached to an aromatic ring is 1. The molecule has 0 saturated carbocycles. The maximum Gasteiger partial charge on any atom is 0.416 e. The predicted octanol–water partition coefficient (Wildman–Crippen LogP) is 4.40. The largest absolute Gasteiger partial charge is 0.416 e. The molecular weight excluding hydrogens is 327 g/mol. The van der Waals surface area contributed by atoms with Crippen molar-refractivity contribution in [1.29, 1.82) is 0 Å². The lowest BCUT2D eigenvalue weighted by Gasteiger charge is -2.16. The van der Waals surface area contributed by atoms with Crippen LogP contribution in [0.25, 0.3) is 0 Å². The molecule has 124 valence electrons. The molecule has 2 N–H and O–H groups in total. The molecule has 0 aromatic heterocycles. The number of alkyl halides is 3. The molecule has 2 aromatic rings. The van der Waals surface area contributed by atoms with Gasteiger partial charge in [-0.3, -0.25) is 4.18 Å². The topological polar surface area (TPSA) is 52.3 Å². The normalized spacial score (nSPS) is 14.5. The number of hydrogen-bond donors (Lipinski definition) is 1. The molecule has 0 aliphatic rings. The Morgan fingerprint density at radius 1 is 1.13 bits per heavy atom. The molecule has 0 amide bonds. The lowest BCUT2D eigenvalue weighted by atomic mass is 10.1. The summed E-state index contributed by atoms with van der Waals surface area (Å²) >= 11 is -1.78. The number of halogens is 3. The van der Waals surface area contributed by atoms with Crippen LogP contribution in [-0.4, -0.2) is 4.21 Å². The van der Waals surface area contributed by atoms with Crippen LogP contribution in [0.1, 0.15) is 29.7 Å². The highest BCUT2D eigenvalue weighted by Gasteiger charge is 2.31. The van der Waals surface area contributed by atoms with Gasteiger partial charge in [0.25, 0.3) is 0 Å². The smallest absolute Gasteiger partial charge is 0.399 e. The molecule has 2 aromatic carbocycles. The zero-order chi connectivity index (χ0) is 17.2. The first-order valence-electron chi connectivity index (χ1n) is 6.80. The van der Waals surface area contributed by atoms with Crippen molar-refractivity contribution in [2.45, 2.75) is 31.0 Å². The van der Waals surface area contributed by atoms with Crippen LogP contribution in [0.2, 0.25) is 0 Å². The van der Waals surface area contributed by atoms with E-state index in [1.54, 1.807) is 24.3 Å². The lowest BCUT2D eigenvalue weighted by molar-refractivity contribution is -0.137. The minimum Gasteiger partial charge on any atom is -0.399 e. The van der Waals surface area contributed by atoms with E-state index >= 15 is 0 Å². The van der Waals surface area contributed by atoms with E-state index < -0.39 is 28.9 Å². The van der Waals surface area contributed by atoms with E-state index in [1.807, 2.05) is 6.92 Å². The lowest BCUT2D eigenvalue weighted by Crippen LogP contribution is -2.09. The summed E-state index contributed by atoms with van der Waals surface area (Å²) in [5.74, 6) is 0. The SMILES string of the molecule is Cc1ccc(S(=O)OC(C)c2cc(N)cc(C(F)(F)F)c2)cc1. The van der Waals surface area contributed by atoms with E-state index in [4.69, 9.17) is 9.92 Å². The van der Waals surface area contributed by atoms with Crippen molar-refractivity contribution in [3.05, 3.63) is 59.2 Å². The Hall–Kier alpha value is -1.86. The minimum atomic E-state index is -4.50. The highest BCUT2D eigenvalue weighted by Crippen LogP contribution is 2.33. The molecule has 2 unspecified atom stereocenters. The van der Waals surface area contributed by atoms with Gasteiger partial charge in [0, 0.05) is 5.69 Å². The zero-order valence-corrected chi connectivity index (χ0v) is 13.4. The fourth-order valence-corrected chi connectivity index (χ4v) is 2.81. The molecule has 3 nitrogen and oxygen atoms in total. The molecule has 0 saturated heterocycles. The molecule has 0 spiro atoms. The molecule has 0 fully saturated rings. The van der Waals surface area contributed by atoms with Crippen LogP contribution in [0.3, 0.4) is 0 Å². The van der Waals surface area contributed by atoms with Crippen LogP contribution in [-0.2, 0) is 21.4 Å². The van der Waals surface area contributed by atoms with E-state index in [0.717, 1.165) is 17.7 Å². The third-order valence-electron chi connectivity index (χ3n) is 3.22. The molecule has 23 heavy (non-hydrogen) atoms. The number of anilines is 1. The van der Waals surface area contributed by atoms with Gasteiger partial charge < -0.3 is 5.73 Å². The van der Waals surface area contributed by atoms with Crippen LogP contribution in [0.5, 0.6) is 0 Å². The number of benzene rings is 2. The Bertz CT molecular complexity index is 714. The first kappa shape index (κ1) is 17.5. The third-order valence-corrected chi connectivity index (χ3v) is 4.34. The molecule has 0 aliphatic heterocycles. The summed E-state index contributed by atoms with van der Waals surface area (Å²) in [5.41, 5.74) is 5.87. The van der Waals surface area contributed by atoms with E-state index in [1.165, 1.54) is 13.0 Å². The molecule has 0 bridgehead atoms. The Labute approximate surface area is 134 Å². The number of aryl methyl sites for hydroxylation is 1. The van der Waals surface area contributed by atoms with Gasteiger partial charge in [0.05, 0.1) is 16.6 Å². The Balaban J connectivity index is 2.20. The second kappa shape index (κ2) is 6.72. The molecule has 0 heterocycles. The van der Waals surface area contributed by atoms with Crippen molar-refractivity contribution in [3.8, 4) is 0 Å². The van der Waals surface area contributed by atoms with Gasteiger partial charge in [-0.15, -0.1) is 0 Å². The first-order chi connectivity index (χ1) is 10.7. The fraction of sp³-hybridized carbons (Fsp3) is 0.250. The number of hydrogen-bond acceptors (Lipinski definition) is 3. The Morgan fingerprint density at radius 3 is 2.30 bits per heavy atom. The van der Waals surface area contributed by atoms with Gasteiger partial charge in [-0.1, -0.05) is 17.7 Å². The summed E-state index contributed by atoms with van der Waals surface area (Å²) in [6, 6.07) is 10.1. The van der Waals surface area contributed by atoms with Crippen LogP contribution in [0.15, 0.2) is 47.4 Å². The van der Waals surface area contributed by atoms with Crippen LogP contribution < -0.4 is 5.73 Å². The second-order valence-corrected chi connectivity index (χ2v) is 6.31. The zero-order valence-electron chi connectivity index (χ0n) is 12.6. The summed E-state index contributed by atoms with van der Waals surface area (Å²) in [4.78, 5) is 0.447. The fourth-order valence-electron chi connectivity index (χ4n) is 1.97. The van der Waals surface area contributed by atoms with Crippen molar-refractivity contribution >= 4 is 16.8 Å². The predicted molar refractivity (Wildman–Crippen MR) is 82.9 cm³/mol. The van der Waals surface area contributed by atoms with Gasteiger partial charge in [-0.25, -0.2) is 4.21 Å². The van der Waals surface area contributed by atoms with E-state index in [0.29, 0.717) is 4.90 Å². The van der Waals surface area contributed by atoms with Crippen molar-refractivity contribution in [2.24, 2.45) is 0 Å². The summed E-state index contributed by atoms with van der Waals surface area (Å²) in [6.07, 6.45) is -5.30. The van der Waals surface area contributed by atoms with Gasteiger partial charge in [0.15, 0.2) is 11.1 Å². The molecule has 0 radical (unpaired) electrons. The van der Waals surface area contributed by atoms with Crippen molar-refractivity contribution in [1.82, 2.24) is 0 Å². The maximum atomic E-state index is 12.8. The Morgan fingerprint density at radius 2 is 1.74 bits per heavy atom. The average molecular weight is 343 g/mol. The van der Waals surface area contributed by atoms with E-state index in [-0.39, 0.29) is 11.3 Å². The van der Waals surface area contributed by atoms with Gasteiger partial charge >= 0.3 is 6.18 Å². The van der Waals surface area contributed by atoms with Crippen LogP contribution in [0.4, 0.5) is 18.9 Å². The first-order valence-corrected chi connectivity index (χ1v) is 7.87. The number of rotatable bonds is 4. The molecule has 2 rings (SSSR count). The minimum absolute atomic E-state index is 0.0219. The van der Waals surface area contributed by atoms with Crippen molar-refractivity contribution in [2.75, 3.05) is 5.73 Å². The van der Waals surface area contributed by atoms with Gasteiger partial charge in [-0.05, 0) is 49.7 Å². The molecule has 2 atom stereocenters. The van der Waals surface area contributed by atoms with E-state index in [2.05, 4.69) is 0 Å². The van der Waals surface area contributed by atoms with Crippen molar-refractivity contribution < 1.29 is 21.6 Å². The molecule has 7 heteroatoms. The molecular formula is C16H16F3NO2S. The van der Waals surface area contributed by atoms with E-state index in [9.17, 15) is 17.4 Å².